The van der Waals surface area contributed by atoms with Crippen molar-refractivity contribution in [2.75, 3.05) is 0 Å². The van der Waals surface area contributed by atoms with Gasteiger partial charge in [0, 0.05) is 12.6 Å². The lowest BCUT2D eigenvalue weighted by Crippen LogP contribution is -2.25. The quantitative estimate of drug-likeness (QED) is 0.699. The third-order valence-electron chi connectivity index (χ3n) is 2.66. The van der Waals surface area contributed by atoms with E-state index in [1.165, 1.54) is 11.1 Å². The lowest BCUT2D eigenvalue weighted by atomic mass is 10.1. The van der Waals surface area contributed by atoms with Gasteiger partial charge in [0.15, 0.2) is 0 Å². The lowest BCUT2D eigenvalue weighted by molar-refractivity contribution is 0.552. The summed E-state index contributed by atoms with van der Waals surface area (Å²) in [5.74, 6) is 0. The third-order valence-corrected chi connectivity index (χ3v) is 2.66. The van der Waals surface area contributed by atoms with E-state index >= 15 is 0 Å². The van der Waals surface area contributed by atoms with E-state index in [-0.39, 0.29) is 0 Å². The fourth-order valence-corrected chi connectivity index (χ4v) is 1.69. The highest BCUT2D eigenvalue weighted by molar-refractivity contribution is 5.26. The third kappa shape index (κ3) is 3.88. The molecule has 1 aromatic carbocycles. The molecule has 0 spiro atoms. The van der Waals surface area contributed by atoms with Crippen molar-refractivity contribution in [3.8, 4) is 0 Å². The molecule has 0 heterocycles. The Balaban J connectivity index is 2.52. The molecule has 1 aromatic rings. The lowest BCUT2D eigenvalue weighted by Gasteiger charge is -2.13. The van der Waals surface area contributed by atoms with E-state index in [0.717, 1.165) is 19.4 Å². The first-order valence-electron chi connectivity index (χ1n) is 5.69. The second-order valence-electron chi connectivity index (χ2n) is 3.93. The van der Waals surface area contributed by atoms with Gasteiger partial charge in [0.1, 0.15) is 0 Å². The van der Waals surface area contributed by atoms with Crippen molar-refractivity contribution in [2.45, 2.75) is 39.3 Å². The fraction of sp³-hybridized carbons (Fsp3) is 0.429. The number of rotatable bonds is 6. The molecule has 0 saturated carbocycles. The molecule has 0 aliphatic heterocycles. The van der Waals surface area contributed by atoms with E-state index in [9.17, 15) is 0 Å². The predicted octanol–water partition coefficient (Wildman–Crippen LogP) is 3.30. The summed E-state index contributed by atoms with van der Waals surface area (Å²) in [5.41, 5.74) is 2.85. The minimum Gasteiger partial charge on any atom is -0.310 e. The molecule has 1 nitrogen and oxygen atoms in total. The van der Waals surface area contributed by atoms with E-state index in [1.807, 2.05) is 6.08 Å². The minimum absolute atomic E-state index is 0.507. The van der Waals surface area contributed by atoms with E-state index in [1.54, 1.807) is 0 Å². The summed E-state index contributed by atoms with van der Waals surface area (Å²) in [7, 11) is 0. The van der Waals surface area contributed by atoms with Crippen LogP contribution in [0.25, 0.3) is 0 Å². The molecule has 0 radical (unpaired) electrons. The zero-order valence-corrected chi connectivity index (χ0v) is 9.79. The van der Waals surface area contributed by atoms with Gasteiger partial charge in [-0.1, -0.05) is 37.3 Å². The van der Waals surface area contributed by atoms with Crippen molar-refractivity contribution in [2.24, 2.45) is 0 Å². The van der Waals surface area contributed by atoms with Crippen LogP contribution in [-0.2, 0) is 13.0 Å². The predicted molar refractivity (Wildman–Crippen MR) is 66.9 cm³/mol. The Labute approximate surface area is 93.2 Å². The second-order valence-corrected chi connectivity index (χ2v) is 3.93. The molecule has 15 heavy (non-hydrogen) atoms. The van der Waals surface area contributed by atoms with Crippen molar-refractivity contribution in [1.29, 1.82) is 0 Å². The topological polar surface area (TPSA) is 12.0 Å². The van der Waals surface area contributed by atoms with Gasteiger partial charge >= 0.3 is 0 Å². The summed E-state index contributed by atoms with van der Waals surface area (Å²) in [4.78, 5) is 0. The Morgan fingerprint density at radius 2 is 2.00 bits per heavy atom. The van der Waals surface area contributed by atoms with Crippen LogP contribution in [0.5, 0.6) is 0 Å². The summed E-state index contributed by atoms with van der Waals surface area (Å²) in [6, 6.07) is 9.12. The standard InChI is InChI=1S/C14H21N/c1-4-8-12(3)15-11-14-10-7-6-9-13(14)5-2/h4,6-7,9-10,12,15H,1,5,8,11H2,2-3H3. The smallest absolute Gasteiger partial charge is 0.0210 e. The molecular formula is C14H21N. The van der Waals surface area contributed by atoms with Crippen LogP contribution >= 0.6 is 0 Å². The Kier molecular flexibility index (Phi) is 5.13. The highest BCUT2D eigenvalue weighted by Crippen LogP contribution is 2.09. The SMILES string of the molecule is C=CCC(C)NCc1ccccc1CC. The summed E-state index contributed by atoms with van der Waals surface area (Å²) >= 11 is 0. The Morgan fingerprint density at radius 1 is 1.33 bits per heavy atom. The van der Waals surface area contributed by atoms with Gasteiger partial charge in [0.2, 0.25) is 0 Å². The largest absolute Gasteiger partial charge is 0.310 e. The molecule has 82 valence electrons. The molecule has 1 N–H and O–H groups in total. The maximum atomic E-state index is 3.75. The molecule has 1 unspecified atom stereocenters. The van der Waals surface area contributed by atoms with Crippen molar-refractivity contribution in [1.82, 2.24) is 5.32 Å². The van der Waals surface area contributed by atoms with Gasteiger partial charge < -0.3 is 5.32 Å². The van der Waals surface area contributed by atoms with Gasteiger partial charge in [-0.3, -0.25) is 0 Å². The summed E-state index contributed by atoms with van der Waals surface area (Å²) in [5, 5.41) is 3.50. The normalized spacial score (nSPS) is 12.4. The zero-order valence-electron chi connectivity index (χ0n) is 9.79. The molecule has 1 atom stereocenters. The van der Waals surface area contributed by atoms with Crippen LogP contribution in [0.15, 0.2) is 36.9 Å². The van der Waals surface area contributed by atoms with Gasteiger partial charge in [-0.15, -0.1) is 6.58 Å². The maximum absolute atomic E-state index is 3.75. The first-order chi connectivity index (χ1) is 7.27. The van der Waals surface area contributed by atoms with Crippen molar-refractivity contribution in [3.05, 3.63) is 48.0 Å². The highest BCUT2D eigenvalue weighted by atomic mass is 14.9. The van der Waals surface area contributed by atoms with Crippen LogP contribution in [0.1, 0.15) is 31.4 Å². The van der Waals surface area contributed by atoms with E-state index < -0.39 is 0 Å². The molecule has 0 aliphatic carbocycles. The van der Waals surface area contributed by atoms with Gasteiger partial charge in [0.05, 0.1) is 0 Å². The highest BCUT2D eigenvalue weighted by Gasteiger charge is 2.01. The maximum Gasteiger partial charge on any atom is 0.0210 e. The van der Waals surface area contributed by atoms with E-state index in [2.05, 4.69) is 50.0 Å². The summed E-state index contributed by atoms with van der Waals surface area (Å²) < 4.78 is 0. The van der Waals surface area contributed by atoms with Crippen molar-refractivity contribution < 1.29 is 0 Å². The van der Waals surface area contributed by atoms with Crippen LogP contribution < -0.4 is 5.32 Å². The average molecular weight is 203 g/mol. The fourth-order valence-electron chi connectivity index (χ4n) is 1.69. The van der Waals surface area contributed by atoms with E-state index in [0.29, 0.717) is 6.04 Å². The molecule has 0 fully saturated rings. The first-order valence-corrected chi connectivity index (χ1v) is 5.69. The number of hydrogen-bond acceptors (Lipinski definition) is 1. The van der Waals surface area contributed by atoms with Crippen LogP contribution in [0, 0.1) is 0 Å². The van der Waals surface area contributed by atoms with Crippen molar-refractivity contribution in [3.63, 3.8) is 0 Å². The molecule has 1 rings (SSSR count). The molecule has 0 bridgehead atoms. The Morgan fingerprint density at radius 3 is 2.60 bits per heavy atom. The van der Waals surface area contributed by atoms with Crippen LogP contribution in [0.4, 0.5) is 0 Å². The molecular weight excluding hydrogens is 182 g/mol. The summed E-state index contributed by atoms with van der Waals surface area (Å²) in [6.07, 6.45) is 4.09. The molecule has 0 aliphatic rings. The average Bonchev–Trinajstić information content (AvgIpc) is 2.27. The number of aryl methyl sites for hydroxylation is 1. The molecule has 0 amide bonds. The Bertz CT molecular complexity index is 304. The number of hydrogen-bond donors (Lipinski definition) is 1. The van der Waals surface area contributed by atoms with Crippen LogP contribution in [-0.4, -0.2) is 6.04 Å². The monoisotopic (exact) mass is 203 g/mol. The van der Waals surface area contributed by atoms with Crippen LogP contribution in [0.3, 0.4) is 0 Å². The Hall–Kier alpha value is -1.08. The van der Waals surface area contributed by atoms with Gasteiger partial charge in [-0.2, -0.15) is 0 Å². The number of benzene rings is 1. The molecule has 1 heteroatoms. The van der Waals surface area contributed by atoms with Gasteiger partial charge in [0.25, 0.3) is 0 Å². The van der Waals surface area contributed by atoms with Gasteiger partial charge in [-0.05, 0) is 30.9 Å². The van der Waals surface area contributed by atoms with E-state index in [4.69, 9.17) is 0 Å². The first kappa shape index (κ1) is 12.0. The van der Waals surface area contributed by atoms with Crippen LogP contribution in [0.2, 0.25) is 0 Å². The molecule has 0 aromatic heterocycles. The van der Waals surface area contributed by atoms with Gasteiger partial charge in [-0.25, -0.2) is 0 Å². The zero-order chi connectivity index (χ0) is 11.1. The summed E-state index contributed by atoms with van der Waals surface area (Å²) in [6.45, 7) is 9.10. The number of nitrogens with one attached hydrogen (secondary N) is 1. The minimum atomic E-state index is 0.507. The molecule has 0 saturated heterocycles. The second kappa shape index (κ2) is 6.41. The van der Waals surface area contributed by atoms with Crippen molar-refractivity contribution >= 4 is 0 Å².